The summed E-state index contributed by atoms with van der Waals surface area (Å²) in [5.41, 5.74) is -0.515. The Kier molecular flexibility index (Phi) is 6.09. The van der Waals surface area contributed by atoms with Crippen LogP contribution in [0, 0.1) is 0 Å². The third-order valence-corrected chi connectivity index (χ3v) is 1.58. The molecule has 6 nitrogen and oxygen atoms in total. The summed E-state index contributed by atoms with van der Waals surface area (Å²) in [6, 6.07) is 3.09. The quantitative estimate of drug-likeness (QED) is 0.596. The molecule has 0 fully saturated rings. The minimum Gasteiger partial charge on any atom is -0.478 e. The zero-order valence-corrected chi connectivity index (χ0v) is 8.91. The number of carboxylic acids is 2. The normalized spacial score (nSPS) is 8.65. The van der Waals surface area contributed by atoms with Gasteiger partial charge in [-0.15, -0.1) is 0 Å². The van der Waals surface area contributed by atoms with Gasteiger partial charge < -0.3 is 14.9 Å². The number of rotatable bonds is 4. The molecular formula is C10H10BO6. The van der Waals surface area contributed by atoms with E-state index in [1.54, 1.807) is 0 Å². The molecule has 7 heteroatoms. The molecule has 0 aromatic heterocycles. The molecule has 1 aromatic rings. The SMILES string of the molecule is O=COc1cc(C(=O)O)cc(C(=O)O)c1.[2H]C.[B]. The Balaban J connectivity index is 0. The van der Waals surface area contributed by atoms with Crippen LogP contribution in [0.4, 0.5) is 0 Å². The van der Waals surface area contributed by atoms with Gasteiger partial charge >= 0.3 is 11.9 Å². The van der Waals surface area contributed by atoms with Crippen molar-refractivity contribution in [1.82, 2.24) is 0 Å². The van der Waals surface area contributed by atoms with Gasteiger partial charge in [0.15, 0.2) is 0 Å². The maximum Gasteiger partial charge on any atom is 0.335 e. The van der Waals surface area contributed by atoms with Gasteiger partial charge in [0.25, 0.3) is 6.47 Å². The molecule has 89 valence electrons. The summed E-state index contributed by atoms with van der Waals surface area (Å²) < 4.78 is 10.1. The fraction of sp³-hybridized carbons (Fsp3) is 0.100. The predicted molar refractivity (Wildman–Crippen MR) is 59.5 cm³/mol. The Hall–Kier alpha value is -2.31. The summed E-state index contributed by atoms with van der Waals surface area (Å²) in [5.74, 6) is -2.72. The second kappa shape index (κ2) is 7.05. The molecule has 0 atom stereocenters. The Morgan fingerprint density at radius 2 is 1.59 bits per heavy atom. The third-order valence-electron chi connectivity index (χ3n) is 1.58. The third kappa shape index (κ3) is 4.37. The standard InChI is InChI=1S/C9H6O6.CH4.B/c10-4-15-7-2-5(8(11)12)1-6(3-7)9(13)14;;/h1-4H,(H,11,12)(H,13,14);1H4;/i;1D;. The van der Waals surface area contributed by atoms with Gasteiger partial charge in [0.1, 0.15) is 5.75 Å². The molecule has 0 spiro atoms. The number of benzene rings is 1. The van der Waals surface area contributed by atoms with E-state index in [1.807, 2.05) is 0 Å². The molecule has 0 aliphatic heterocycles. The zero-order chi connectivity index (χ0) is 13.4. The summed E-state index contributed by atoms with van der Waals surface area (Å²) in [5, 5.41) is 17.3. The van der Waals surface area contributed by atoms with Crippen LogP contribution in [0.1, 0.15) is 29.5 Å². The van der Waals surface area contributed by atoms with Crippen molar-refractivity contribution in [1.29, 1.82) is 0 Å². The molecule has 0 saturated heterocycles. The van der Waals surface area contributed by atoms with Crippen molar-refractivity contribution < 1.29 is 30.7 Å². The van der Waals surface area contributed by atoms with Crippen LogP contribution in [0.15, 0.2) is 18.2 Å². The van der Waals surface area contributed by atoms with Crippen molar-refractivity contribution in [2.45, 2.75) is 7.40 Å². The lowest BCUT2D eigenvalue weighted by Gasteiger charge is -2.02. The van der Waals surface area contributed by atoms with Crippen LogP contribution in [0.3, 0.4) is 0 Å². The smallest absolute Gasteiger partial charge is 0.335 e. The topological polar surface area (TPSA) is 101 Å². The Morgan fingerprint density at radius 3 is 1.88 bits per heavy atom. The fourth-order valence-corrected chi connectivity index (χ4v) is 0.970. The second-order valence-electron chi connectivity index (χ2n) is 2.57. The first-order valence-corrected chi connectivity index (χ1v) is 3.76. The van der Waals surface area contributed by atoms with Crippen LogP contribution in [-0.2, 0) is 4.79 Å². The highest BCUT2D eigenvalue weighted by atomic mass is 16.5. The van der Waals surface area contributed by atoms with E-state index < -0.39 is 11.9 Å². The molecule has 0 amide bonds. The van der Waals surface area contributed by atoms with Crippen LogP contribution >= 0.6 is 0 Å². The molecule has 3 radical (unpaired) electrons. The Bertz CT molecular complexity index is 402. The molecule has 1 aromatic carbocycles. The number of hydrogen-bond donors (Lipinski definition) is 2. The lowest BCUT2D eigenvalue weighted by Crippen LogP contribution is -2.03. The Morgan fingerprint density at radius 1 is 1.18 bits per heavy atom. The van der Waals surface area contributed by atoms with E-state index in [1.165, 1.54) is 7.40 Å². The monoisotopic (exact) mass is 238 g/mol. The van der Waals surface area contributed by atoms with Crippen LogP contribution in [-0.4, -0.2) is 37.0 Å². The summed E-state index contributed by atoms with van der Waals surface area (Å²) in [6.45, 7) is 0.0899. The van der Waals surface area contributed by atoms with Gasteiger partial charge in [-0.1, -0.05) is 7.40 Å². The number of carbonyl (C=O) groups excluding carboxylic acids is 1. The van der Waals surface area contributed by atoms with Gasteiger partial charge in [0.2, 0.25) is 0 Å². The number of hydrogen-bond acceptors (Lipinski definition) is 4. The van der Waals surface area contributed by atoms with Gasteiger partial charge in [-0.2, -0.15) is 0 Å². The fourth-order valence-electron chi connectivity index (χ4n) is 0.970. The van der Waals surface area contributed by atoms with Gasteiger partial charge in [0, 0.05) is 9.78 Å². The summed E-state index contributed by atoms with van der Waals surface area (Å²) in [6.07, 6.45) is 0. The maximum atomic E-state index is 10.6. The summed E-state index contributed by atoms with van der Waals surface area (Å²) >= 11 is 0. The molecule has 2 N–H and O–H groups in total. The van der Waals surface area contributed by atoms with Gasteiger partial charge in [-0.25, -0.2) is 9.59 Å². The van der Waals surface area contributed by atoms with Crippen molar-refractivity contribution in [2.24, 2.45) is 0 Å². The number of carbonyl (C=O) groups is 3. The molecule has 1 rings (SSSR count). The minimum absolute atomic E-state index is 0. The van der Waals surface area contributed by atoms with Crippen LogP contribution in [0.2, 0.25) is 0 Å². The summed E-state index contributed by atoms with van der Waals surface area (Å²) in [7, 11) is 1.25. The average molecular weight is 238 g/mol. The van der Waals surface area contributed by atoms with E-state index in [4.69, 9.17) is 11.6 Å². The first kappa shape index (κ1) is 14.7. The molecule has 17 heavy (non-hydrogen) atoms. The zero-order valence-electron chi connectivity index (χ0n) is 9.91. The van der Waals surface area contributed by atoms with Crippen molar-refractivity contribution in [3.63, 3.8) is 0 Å². The molecular weight excluding hydrogens is 227 g/mol. The lowest BCUT2D eigenvalue weighted by molar-refractivity contribution is -0.120. The molecule has 0 bridgehead atoms. The molecule has 0 aliphatic carbocycles. The molecule has 0 aliphatic rings. The average Bonchev–Trinajstić information content (AvgIpc) is 2.31. The maximum absolute atomic E-state index is 10.6. The highest BCUT2D eigenvalue weighted by molar-refractivity contribution is 5.94. The predicted octanol–water partition coefficient (Wildman–Crippen LogP) is 0.873. The van der Waals surface area contributed by atoms with Crippen molar-refractivity contribution >= 4 is 26.8 Å². The largest absolute Gasteiger partial charge is 0.478 e. The number of ether oxygens (including phenoxy) is 1. The van der Waals surface area contributed by atoms with E-state index in [2.05, 4.69) is 4.74 Å². The van der Waals surface area contributed by atoms with Crippen LogP contribution in [0.25, 0.3) is 0 Å². The second-order valence-corrected chi connectivity index (χ2v) is 2.57. The van der Waals surface area contributed by atoms with E-state index in [9.17, 15) is 14.4 Å². The van der Waals surface area contributed by atoms with Gasteiger partial charge in [-0.3, -0.25) is 4.79 Å². The van der Waals surface area contributed by atoms with E-state index >= 15 is 0 Å². The van der Waals surface area contributed by atoms with E-state index in [0.717, 1.165) is 18.2 Å². The first-order chi connectivity index (χ1) is 8.04. The highest BCUT2D eigenvalue weighted by Gasteiger charge is 2.11. The highest BCUT2D eigenvalue weighted by Crippen LogP contribution is 2.17. The van der Waals surface area contributed by atoms with Crippen molar-refractivity contribution in [2.75, 3.05) is 0 Å². The molecule has 0 unspecified atom stereocenters. The van der Waals surface area contributed by atoms with Crippen molar-refractivity contribution in [3.05, 3.63) is 29.3 Å². The Labute approximate surface area is 101 Å². The minimum atomic E-state index is -1.30. The van der Waals surface area contributed by atoms with Crippen molar-refractivity contribution in [3.8, 4) is 5.75 Å². The van der Waals surface area contributed by atoms with Gasteiger partial charge in [0.05, 0.1) is 11.1 Å². The van der Waals surface area contributed by atoms with E-state index in [0.29, 0.717) is 0 Å². The number of aromatic carboxylic acids is 2. The van der Waals surface area contributed by atoms with Crippen LogP contribution < -0.4 is 4.74 Å². The molecule has 0 saturated carbocycles. The summed E-state index contributed by atoms with van der Waals surface area (Å²) in [4.78, 5) is 31.2. The lowest BCUT2D eigenvalue weighted by atomic mass is 10.1. The number of carboxylic acid groups (broad SMARTS) is 2. The van der Waals surface area contributed by atoms with E-state index in [-0.39, 0.29) is 31.8 Å². The first-order valence-electron chi connectivity index (χ1n) is 4.76. The van der Waals surface area contributed by atoms with Gasteiger partial charge in [-0.05, 0) is 18.2 Å². The molecule has 0 heterocycles. The van der Waals surface area contributed by atoms with Crippen LogP contribution in [0.5, 0.6) is 5.75 Å².